The van der Waals surface area contributed by atoms with E-state index in [1.807, 2.05) is 0 Å². The van der Waals surface area contributed by atoms with Gasteiger partial charge >= 0.3 is 0 Å². The van der Waals surface area contributed by atoms with Gasteiger partial charge in [-0.3, -0.25) is 0 Å². The van der Waals surface area contributed by atoms with Gasteiger partial charge in [0.1, 0.15) is 0 Å². The van der Waals surface area contributed by atoms with Gasteiger partial charge in [0.25, 0.3) is 0 Å². The van der Waals surface area contributed by atoms with E-state index in [0.29, 0.717) is 12.2 Å². The molecule has 0 N–H and O–H groups in total. The molecule has 0 bridgehead atoms. The molecule has 6 rings (SSSR count). The van der Waals surface area contributed by atoms with Crippen molar-refractivity contribution in [1.29, 1.82) is 0 Å². The molecule has 2 nitrogen and oxygen atoms in total. The summed E-state index contributed by atoms with van der Waals surface area (Å²) in [5.74, 6) is 7.02. The largest absolute Gasteiger partial charge is 0.366 e. The van der Waals surface area contributed by atoms with E-state index in [9.17, 15) is 0 Å². The zero-order chi connectivity index (χ0) is 24.4. The normalized spacial score (nSPS) is 53.9. The Kier molecular flexibility index (Phi) is 6.67. The molecule has 0 spiro atoms. The third-order valence-corrected chi connectivity index (χ3v) is 11.3. The molecule has 0 aromatic heterocycles. The first kappa shape index (κ1) is 25.1. The van der Waals surface area contributed by atoms with Crippen molar-refractivity contribution in [1.82, 2.24) is 0 Å². The van der Waals surface area contributed by atoms with Crippen molar-refractivity contribution in [2.24, 2.45) is 47.3 Å². The van der Waals surface area contributed by atoms with Crippen LogP contribution in [0.15, 0.2) is 23.3 Å². The van der Waals surface area contributed by atoms with Gasteiger partial charge in [-0.15, -0.1) is 0 Å². The average Bonchev–Trinajstić information content (AvgIpc) is 3.64. The highest BCUT2D eigenvalue weighted by molar-refractivity contribution is 5.12. The monoisotopic (exact) mass is 468 g/mol. The third kappa shape index (κ3) is 4.84. The topological polar surface area (TPSA) is 25.1 Å². The highest BCUT2D eigenvalue weighted by Crippen LogP contribution is 2.59. The Bertz CT molecular complexity index is 759. The van der Waals surface area contributed by atoms with Crippen LogP contribution in [0.5, 0.6) is 0 Å². The minimum atomic E-state index is 0.235. The molecule has 0 aromatic carbocycles. The summed E-state index contributed by atoms with van der Waals surface area (Å²) in [6.45, 7) is 19.1. The van der Waals surface area contributed by atoms with E-state index in [1.54, 1.807) is 11.1 Å². The molecule has 0 radical (unpaired) electrons. The van der Waals surface area contributed by atoms with Crippen LogP contribution in [-0.4, -0.2) is 23.4 Å². The van der Waals surface area contributed by atoms with Crippen molar-refractivity contribution in [2.45, 2.75) is 130 Å². The van der Waals surface area contributed by atoms with Gasteiger partial charge in [-0.05, 0) is 126 Å². The summed E-state index contributed by atoms with van der Waals surface area (Å²) in [5, 5.41) is 0. The third-order valence-electron chi connectivity index (χ3n) is 11.3. The van der Waals surface area contributed by atoms with Crippen LogP contribution < -0.4 is 0 Å². The van der Waals surface area contributed by atoms with E-state index in [4.69, 9.17) is 9.47 Å². The maximum absolute atomic E-state index is 5.92. The number of rotatable bonds is 2. The Balaban J connectivity index is 0.000000143. The lowest BCUT2D eigenvalue weighted by Gasteiger charge is -2.41. The molecule has 12 atom stereocenters. The number of hydrogen-bond donors (Lipinski definition) is 0. The van der Waals surface area contributed by atoms with Gasteiger partial charge in [-0.25, -0.2) is 0 Å². The van der Waals surface area contributed by atoms with Crippen molar-refractivity contribution >= 4 is 0 Å². The van der Waals surface area contributed by atoms with E-state index < -0.39 is 0 Å². The van der Waals surface area contributed by atoms with Crippen LogP contribution in [-0.2, 0) is 9.47 Å². The number of allylic oxidation sites excluding steroid dienone is 4. The van der Waals surface area contributed by atoms with Crippen LogP contribution in [0.25, 0.3) is 0 Å². The Labute approximate surface area is 210 Å². The molecule has 12 unspecified atom stereocenters. The number of hydrogen-bond acceptors (Lipinski definition) is 2. The quantitative estimate of drug-likeness (QED) is 0.300. The zero-order valence-electron chi connectivity index (χ0n) is 23.4. The van der Waals surface area contributed by atoms with Gasteiger partial charge in [0, 0.05) is 0 Å². The van der Waals surface area contributed by atoms with Crippen LogP contribution in [0.2, 0.25) is 0 Å². The Morgan fingerprint density at radius 1 is 0.618 bits per heavy atom. The van der Waals surface area contributed by atoms with Crippen molar-refractivity contribution in [3.05, 3.63) is 23.3 Å². The van der Waals surface area contributed by atoms with E-state index in [2.05, 4.69) is 67.5 Å². The van der Waals surface area contributed by atoms with Gasteiger partial charge in [-0.2, -0.15) is 0 Å². The van der Waals surface area contributed by atoms with Gasteiger partial charge in [0.15, 0.2) is 0 Å². The molecule has 6 aliphatic rings. The minimum absolute atomic E-state index is 0.235. The molecule has 4 fully saturated rings. The molecule has 0 aromatic rings. The Morgan fingerprint density at radius 2 is 1.00 bits per heavy atom. The summed E-state index contributed by atoms with van der Waals surface area (Å²) in [5.41, 5.74) is 3.72. The van der Waals surface area contributed by atoms with Crippen LogP contribution >= 0.6 is 0 Å². The lowest BCUT2D eigenvalue weighted by molar-refractivity contribution is 0.0871. The van der Waals surface area contributed by atoms with Gasteiger partial charge < -0.3 is 9.47 Å². The summed E-state index contributed by atoms with van der Waals surface area (Å²) in [7, 11) is 0. The first-order chi connectivity index (χ1) is 16.0. The average molecular weight is 469 g/mol. The molecule has 2 aliphatic heterocycles. The van der Waals surface area contributed by atoms with Crippen molar-refractivity contribution in [2.75, 3.05) is 0 Å². The summed E-state index contributed by atoms with van der Waals surface area (Å²) in [6.07, 6.45) is 16.5. The van der Waals surface area contributed by atoms with E-state index in [1.165, 1.54) is 51.4 Å². The number of fused-ring (bicyclic) bond motifs is 2. The van der Waals surface area contributed by atoms with Crippen LogP contribution in [0, 0.1) is 47.3 Å². The second-order valence-corrected chi connectivity index (χ2v) is 14.3. The highest BCUT2D eigenvalue weighted by atomic mass is 16.6. The molecule has 34 heavy (non-hydrogen) atoms. The van der Waals surface area contributed by atoms with E-state index in [-0.39, 0.29) is 11.2 Å². The summed E-state index contributed by atoms with van der Waals surface area (Å²) in [6, 6.07) is 0. The van der Waals surface area contributed by atoms with Gasteiger partial charge in [0.05, 0.1) is 23.4 Å². The molecule has 2 saturated carbocycles. The standard InChI is InChI=1S/C16H26O2.C16H26/c1-9-5-13-15(3,17-13)7-11(9)12-8-16(4)14(18-16)6-10(12)2;1-11-5-7-13(3)15(9-11)16-10-12(2)6-8-14(16)4/h9-14H,5-8H2,1-4H3;5-6,13-16H,7-10H2,1-4H3. The lowest BCUT2D eigenvalue weighted by atomic mass is 9.61. The smallest absolute Gasteiger partial charge is 0.0923 e. The SMILES string of the molecule is CC1=CCC(C)C(C2CC(C)=CCC2C)C1.CC1CC2OC2(C)CC1C1CC2(C)OC2CC1C. The maximum Gasteiger partial charge on any atom is 0.0923 e. The van der Waals surface area contributed by atoms with E-state index >= 15 is 0 Å². The van der Waals surface area contributed by atoms with Crippen molar-refractivity contribution in [3.8, 4) is 0 Å². The van der Waals surface area contributed by atoms with Crippen LogP contribution in [0.1, 0.15) is 107 Å². The Hall–Kier alpha value is -0.600. The minimum Gasteiger partial charge on any atom is -0.366 e. The summed E-state index contributed by atoms with van der Waals surface area (Å²) in [4.78, 5) is 0. The van der Waals surface area contributed by atoms with Crippen molar-refractivity contribution < 1.29 is 9.47 Å². The summed E-state index contributed by atoms with van der Waals surface area (Å²) >= 11 is 0. The number of ether oxygens (including phenoxy) is 2. The fraction of sp³-hybridized carbons (Fsp3) is 0.875. The fourth-order valence-electron chi connectivity index (χ4n) is 8.63. The van der Waals surface area contributed by atoms with Crippen LogP contribution in [0.3, 0.4) is 0 Å². The van der Waals surface area contributed by atoms with Gasteiger partial charge in [-0.1, -0.05) is 51.0 Å². The Morgan fingerprint density at radius 3 is 1.38 bits per heavy atom. The summed E-state index contributed by atoms with van der Waals surface area (Å²) < 4.78 is 11.8. The highest BCUT2D eigenvalue weighted by Gasteiger charge is 2.63. The lowest BCUT2D eigenvalue weighted by Crippen LogP contribution is -2.40. The molecule has 192 valence electrons. The molecular weight excluding hydrogens is 416 g/mol. The predicted octanol–water partition coefficient (Wildman–Crippen LogP) is 8.36. The van der Waals surface area contributed by atoms with E-state index in [0.717, 1.165) is 47.3 Å². The molecule has 2 saturated heterocycles. The first-order valence-corrected chi connectivity index (χ1v) is 14.7. The second-order valence-electron chi connectivity index (χ2n) is 14.3. The maximum atomic E-state index is 5.92. The number of epoxide rings is 2. The molecule has 0 amide bonds. The first-order valence-electron chi connectivity index (χ1n) is 14.7. The second kappa shape index (κ2) is 9.05. The van der Waals surface area contributed by atoms with Crippen LogP contribution in [0.4, 0.5) is 0 Å². The fourth-order valence-corrected chi connectivity index (χ4v) is 8.63. The van der Waals surface area contributed by atoms with Gasteiger partial charge in [0.2, 0.25) is 0 Å². The molecule has 2 heteroatoms. The zero-order valence-corrected chi connectivity index (χ0v) is 23.4. The molecule has 4 aliphatic carbocycles. The predicted molar refractivity (Wildman–Crippen MR) is 142 cm³/mol. The molecule has 2 heterocycles. The van der Waals surface area contributed by atoms with Crippen molar-refractivity contribution in [3.63, 3.8) is 0 Å². The molecular formula is C32H52O2.